The minimum absolute atomic E-state index is 0.347. The van der Waals surface area contributed by atoms with E-state index in [1.54, 1.807) is 12.4 Å². The largest absolute Gasteiger partial charge is 0.449 e. The molecule has 0 amide bonds. The number of aromatic nitrogens is 2. The van der Waals surface area contributed by atoms with Crippen molar-refractivity contribution in [2.75, 3.05) is 6.61 Å². The average Bonchev–Trinajstić information content (AvgIpc) is 2.53. The van der Waals surface area contributed by atoms with Gasteiger partial charge in [0.05, 0.1) is 6.61 Å². The standard InChI is InChI=1S/C9H16N2O2Si/c1-14(2,3)7-6-13-9(12)11-5-4-10-8-11/h4-5,8H,6-7H2,1-3H3. The summed E-state index contributed by atoms with van der Waals surface area (Å²) in [7, 11) is -1.11. The molecule has 0 unspecified atom stereocenters. The first-order valence-corrected chi connectivity index (χ1v) is 8.35. The Morgan fingerprint density at radius 3 is 2.71 bits per heavy atom. The minimum Gasteiger partial charge on any atom is -0.449 e. The molecule has 0 radical (unpaired) electrons. The van der Waals surface area contributed by atoms with Gasteiger partial charge in [-0.3, -0.25) is 0 Å². The Labute approximate surface area is 84.9 Å². The van der Waals surface area contributed by atoms with Crippen molar-refractivity contribution in [3.05, 3.63) is 18.7 Å². The van der Waals surface area contributed by atoms with Crippen LogP contribution in [0.15, 0.2) is 18.7 Å². The fourth-order valence-corrected chi connectivity index (χ4v) is 1.60. The van der Waals surface area contributed by atoms with Crippen LogP contribution in [0.4, 0.5) is 4.79 Å². The van der Waals surface area contributed by atoms with E-state index in [-0.39, 0.29) is 6.09 Å². The Balaban J connectivity index is 2.30. The van der Waals surface area contributed by atoms with E-state index in [2.05, 4.69) is 24.6 Å². The van der Waals surface area contributed by atoms with Gasteiger partial charge in [0, 0.05) is 20.5 Å². The zero-order valence-electron chi connectivity index (χ0n) is 8.86. The van der Waals surface area contributed by atoms with E-state index in [0.29, 0.717) is 6.61 Å². The molecule has 5 heteroatoms. The first kappa shape index (κ1) is 11.0. The molecule has 0 saturated heterocycles. The highest BCUT2D eigenvalue weighted by Gasteiger charge is 2.14. The number of carbonyl (C=O) groups excluding carboxylic acids is 1. The minimum atomic E-state index is -1.11. The van der Waals surface area contributed by atoms with Crippen molar-refractivity contribution in [2.24, 2.45) is 0 Å². The first-order valence-electron chi connectivity index (χ1n) is 4.64. The van der Waals surface area contributed by atoms with Crippen LogP contribution in [0.3, 0.4) is 0 Å². The third-order valence-electron chi connectivity index (χ3n) is 1.79. The maximum Gasteiger partial charge on any atom is 0.419 e. The normalized spacial score (nSPS) is 11.4. The van der Waals surface area contributed by atoms with Gasteiger partial charge in [0.2, 0.25) is 0 Å². The van der Waals surface area contributed by atoms with Gasteiger partial charge in [-0.05, 0) is 6.04 Å². The molecule has 1 rings (SSSR count). The quantitative estimate of drug-likeness (QED) is 0.721. The molecule has 0 spiro atoms. The molecule has 0 bridgehead atoms. The number of carbonyl (C=O) groups is 1. The van der Waals surface area contributed by atoms with Gasteiger partial charge in [0.1, 0.15) is 6.33 Å². The molecule has 0 saturated carbocycles. The Morgan fingerprint density at radius 1 is 1.50 bits per heavy atom. The summed E-state index contributed by atoms with van der Waals surface area (Å²) in [5, 5.41) is 0. The van der Waals surface area contributed by atoms with Crippen molar-refractivity contribution < 1.29 is 9.53 Å². The van der Waals surface area contributed by atoms with Crippen molar-refractivity contribution in [1.29, 1.82) is 0 Å². The third kappa shape index (κ3) is 3.74. The molecule has 0 aromatic carbocycles. The van der Waals surface area contributed by atoms with Crippen LogP contribution < -0.4 is 0 Å². The van der Waals surface area contributed by atoms with E-state index in [9.17, 15) is 4.79 Å². The number of imidazole rings is 1. The maximum atomic E-state index is 11.3. The monoisotopic (exact) mass is 212 g/mol. The fraction of sp³-hybridized carbons (Fsp3) is 0.556. The predicted octanol–water partition coefficient (Wildman–Crippen LogP) is 2.21. The van der Waals surface area contributed by atoms with Crippen LogP contribution in [0.5, 0.6) is 0 Å². The molecule has 14 heavy (non-hydrogen) atoms. The van der Waals surface area contributed by atoms with Gasteiger partial charge in [-0.2, -0.15) is 0 Å². The molecular formula is C9H16N2O2Si. The van der Waals surface area contributed by atoms with E-state index in [1.807, 2.05) is 0 Å². The zero-order chi connectivity index (χ0) is 10.6. The molecule has 0 atom stereocenters. The Morgan fingerprint density at radius 2 is 2.21 bits per heavy atom. The molecule has 0 aliphatic heterocycles. The molecule has 4 nitrogen and oxygen atoms in total. The zero-order valence-corrected chi connectivity index (χ0v) is 9.86. The smallest absolute Gasteiger partial charge is 0.419 e. The second-order valence-corrected chi connectivity index (χ2v) is 10.0. The SMILES string of the molecule is C[Si](C)(C)CCOC(=O)n1ccnc1. The van der Waals surface area contributed by atoms with Crippen LogP contribution >= 0.6 is 0 Å². The molecule has 0 fully saturated rings. The number of ether oxygens (including phenoxy) is 1. The van der Waals surface area contributed by atoms with Gasteiger partial charge in [-0.1, -0.05) is 19.6 Å². The van der Waals surface area contributed by atoms with Gasteiger partial charge < -0.3 is 4.74 Å². The lowest BCUT2D eigenvalue weighted by Gasteiger charge is -2.15. The van der Waals surface area contributed by atoms with Gasteiger partial charge in [0.25, 0.3) is 0 Å². The van der Waals surface area contributed by atoms with Gasteiger partial charge >= 0.3 is 6.09 Å². The van der Waals surface area contributed by atoms with Crippen molar-refractivity contribution in [3.63, 3.8) is 0 Å². The summed E-state index contributed by atoms with van der Waals surface area (Å²) in [5.41, 5.74) is 0. The Hall–Kier alpha value is -1.10. The second-order valence-electron chi connectivity index (χ2n) is 4.39. The Kier molecular flexibility index (Phi) is 3.46. The van der Waals surface area contributed by atoms with E-state index >= 15 is 0 Å². The summed E-state index contributed by atoms with van der Waals surface area (Å²) >= 11 is 0. The van der Waals surface area contributed by atoms with Gasteiger partial charge in [-0.25, -0.2) is 14.3 Å². The summed E-state index contributed by atoms with van der Waals surface area (Å²) in [6.45, 7) is 7.25. The Bertz CT molecular complexity index is 290. The number of hydrogen-bond donors (Lipinski definition) is 0. The van der Waals surface area contributed by atoms with Gasteiger partial charge in [0.15, 0.2) is 0 Å². The summed E-state index contributed by atoms with van der Waals surface area (Å²) in [6, 6.07) is 0.993. The van der Waals surface area contributed by atoms with Crippen LogP contribution in [-0.2, 0) is 4.74 Å². The summed E-state index contributed by atoms with van der Waals surface area (Å²) < 4.78 is 6.42. The van der Waals surface area contributed by atoms with Crippen LogP contribution in [0.25, 0.3) is 0 Å². The lowest BCUT2D eigenvalue weighted by atomic mass is 10.8. The molecule has 1 heterocycles. The molecule has 0 N–H and O–H groups in total. The molecule has 78 valence electrons. The molecule has 0 aliphatic carbocycles. The van der Waals surface area contributed by atoms with Crippen LogP contribution in [-0.4, -0.2) is 30.3 Å². The first-order chi connectivity index (χ1) is 6.49. The summed E-state index contributed by atoms with van der Waals surface area (Å²) in [4.78, 5) is 15.1. The van der Waals surface area contributed by atoms with E-state index in [0.717, 1.165) is 6.04 Å². The van der Waals surface area contributed by atoms with Crippen LogP contribution in [0.2, 0.25) is 25.7 Å². The lowest BCUT2D eigenvalue weighted by Crippen LogP contribution is -2.23. The summed E-state index contributed by atoms with van der Waals surface area (Å²) in [6.07, 6.45) is 4.23. The van der Waals surface area contributed by atoms with Gasteiger partial charge in [-0.15, -0.1) is 0 Å². The fourth-order valence-electron chi connectivity index (χ4n) is 0.886. The summed E-state index contributed by atoms with van der Waals surface area (Å²) in [5.74, 6) is 0. The average molecular weight is 212 g/mol. The van der Waals surface area contributed by atoms with Crippen molar-refractivity contribution in [3.8, 4) is 0 Å². The van der Waals surface area contributed by atoms with Crippen LogP contribution in [0, 0.1) is 0 Å². The molecular weight excluding hydrogens is 196 g/mol. The third-order valence-corrected chi connectivity index (χ3v) is 3.50. The second kappa shape index (κ2) is 4.41. The molecule has 1 aromatic heterocycles. The lowest BCUT2D eigenvalue weighted by molar-refractivity contribution is 0.153. The molecule has 1 aromatic rings. The van der Waals surface area contributed by atoms with E-state index < -0.39 is 8.07 Å². The number of hydrogen-bond acceptors (Lipinski definition) is 3. The highest BCUT2D eigenvalue weighted by Crippen LogP contribution is 2.07. The number of rotatable bonds is 3. The highest BCUT2D eigenvalue weighted by molar-refractivity contribution is 6.76. The van der Waals surface area contributed by atoms with Crippen molar-refractivity contribution >= 4 is 14.2 Å². The van der Waals surface area contributed by atoms with Crippen molar-refractivity contribution in [2.45, 2.75) is 25.7 Å². The highest BCUT2D eigenvalue weighted by atomic mass is 28.3. The number of nitrogens with zero attached hydrogens (tertiary/aromatic N) is 2. The topological polar surface area (TPSA) is 44.1 Å². The van der Waals surface area contributed by atoms with E-state index in [1.165, 1.54) is 10.9 Å². The predicted molar refractivity (Wildman–Crippen MR) is 57.1 cm³/mol. The van der Waals surface area contributed by atoms with E-state index in [4.69, 9.17) is 4.74 Å². The maximum absolute atomic E-state index is 11.3. The van der Waals surface area contributed by atoms with Crippen LogP contribution in [0.1, 0.15) is 0 Å². The molecule has 0 aliphatic rings. The van der Waals surface area contributed by atoms with Crippen molar-refractivity contribution in [1.82, 2.24) is 9.55 Å².